The van der Waals surface area contributed by atoms with E-state index in [1.54, 1.807) is 0 Å². The number of carboxylic acids is 1. The second-order valence-electron chi connectivity index (χ2n) is 3.93. The minimum absolute atomic E-state index is 0.0405. The zero-order valence-corrected chi connectivity index (χ0v) is 7.32. The summed E-state index contributed by atoms with van der Waals surface area (Å²) in [6.45, 7) is 0.759. The number of rotatable bonds is 1. The Morgan fingerprint density at radius 2 is 2.31 bits per heavy atom. The molecule has 0 bridgehead atoms. The zero-order chi connectivity index (χ0) is 9.42. The van der Waals surface area contributed by atoms with Gasteiger partial charge in [0.25, 0.3) is 0 Å². The van der Waals surface area contributed by atoms with E-state index in [2.05, 4.69) is 5.32 Å². The van der Waals surface area contributed by atoms with E-state index in [4.69, 9.17) is 5.11 Å². The highest BCUT2D eigenvalue weighted by Gasteiger charge is 2.43. The molecule has 0 unspecified atom stereocenters. The van der Waals surface area contributed by atoms with Gasteiger partial charge in [0.05, 0.1) is 0 Å². The summed E-state index contributed by atoms with van der Waals surface area (Å²) in [7, 11) is 0. The van der Waals surface area contributed by atoms with Gasteiger partial charge >= 0.3 is 5.97 Å². The van der Waals surface area contributed by atoms with Crippen LogP contribution in [0.2, 0.25) is 0 Å². The topological polar surface area (TPSA) is 66.4 Å². The Kier molecular flexibility index (Phi) is 2.07. The SMILES string of the molecule is O=C1CC[C@@H]2CN[C@H](C(=O)O)[C@@H]2C1. The van der Waals surface area contributed by atoms with Crippen LogP contribution in [-0.2, 0) is 9.59 Å². The average molecular weight is 183 g/mol. The van der Waals surface area contributed by atoms with Crippen molar-refractivity contribution in [3.05, 3.63) is 0 Å². The Labute approximate surface area is 76.3 Å². The maximum Gasteiger partial charge on any atom is 0.321 e. The quantitative estimate of drug-likeness (QED) is 0.601. The third kappa shape index (κ3) is 1.46. The number of fused-ring (bicyclic) bond motifs is 1. The predicted octanol–water partition coefficient (Wildman–Crippen LogP) is 0.0282. The first-order valence-electron chi connectivity index (χ1n) is 4.66. The molecule has 0 aromatic carbocycles. The number of nitrogens with one attached hydrogen (secondary N) is 1. The fourth-order valence-corrected chi connectivity index (χ4v) is 2.44. The fraction of sp³-hybridized carbons (Fsp3) is 0.778. The number of carbonyl (C=O) groups is 2. The molecule has 4 nitrogen and oxygen atoms in total. The molecule has 1 saturated carbocycles. The fourth-order valence-electron chi connectivity index (χ4n) is 2.44. The lowest BCUT2D eigenvalue weighted by molar-refractivity contribution is -0.140. The van der Waals surface area contributed by atoms with Crippen molar-refractivity contribution in [1.82, 2.24) is 5.32 Å². The molecule has 1 saturated heterocycles. The van der Waals surface area contributed by atoms with Crippen LogP contribution in [0.3, 0.4) is 0 Å². The number of Topliss-reactive ketones (excluding diaryl/α,β-unsaturated/α-hetero) is 1. The van der Waals surface area contributed by atoms with Crippen LogP contribution in [0.25, 0.3) is 0 Å². The van der Waals surface area contributed by atoms with Crippen LogP contribution in [0.1, 0.15) is 19.3 Å². The van der Waals surface area contributed by atoms with Crippen LogP contribution >= 0.6 is 0 Å². The first kappa shape index (κ1) is 8.69. The number of aliphatic carboxylic acids is 1. The molecule has 0 amide bonds. The highest BCUT2D eigenvalue weighted by atomic mass is 16.4. The number of hydrogen-bond acceptors (Lipinski definition) is 3. The van der Waals surface area contributed by atoms with Gasteiger partial charge in [-0.1, -0.05) is 0 Å². The first-order valence-corrected chi connectivity index (χ1v) is 4.66. The molecule has 1 heterocycles. The lowest BCUT2D eigenvalue weighted by Gasteiger charge is -2.25. The molecule has 2 fully saturated rings. The van der Waals surface area contributed by atoms with Gasteiger partial charge in [-0.3, -0.25) is 9.59 Å². The van der Waals surface area contributed by atoms with Gasteiger partial charge in [-0.05, 0) is 24.8 Å². The van der Waals surface area contributed by atoms with Crippen molar-refractivity contribution >= 4 is 11.8 Å². The molecule has 1 aliphatic heterocycles. The predicted molar refractivity (Wildman–Crippen MR) is 45.3 cm³/mol. The van der Waals surface area contributed by atoms with E-state index < -0.39 is 12.0 Å². The zero-order valence-electron chi connectivity index (χ0n) is 7.32. The monoisotopic (exact) mass is 183 g/mol. The smallest absolute Gasteiger partial charge is 0.321 e. The summed E-state index contributed by atoms with van der Waals surface area (Å²) in [5.74, 6) is -0.157. The molecule has 0 aromatic rings. The van der Waals surface area contributed by atoms with Crippen molar-refractivity contribution in [1.29, 1.82) is 0 Å². The van der Waals surface area contributed by atoms with E-state index in [-0.39, 0.29) is 11.7 Å². The van der Waals surface area contributed by atoms with E-state index in [1.807, 2.05) is 0 Å². The van der Waals surface area contributed by atoms with Gasteiger partial charge in [0, 0.05) is 12.8 Å². The maximum absolute atomic E-state index is 11.2. The molecule has 2 aliphatic rings. The van der Waals surface area contributed by atoms with Crippen LogP contribution in [-0.4, -0.2) is 29.4 Å². The molecule has 72 valence electrons. The van der Waals surface area contributed by atoms with E-state index in [0.717, 1.165) is 13.0 Å². The van der Waals surface area contributed by atoms with Crippen LogP contribution in [0.5, 0.6) is 0 Å². The molecule has 3 atom stereocenters. The minimum atomic E-state index is -0.817. The molecule has 2 rings (SSSR count). The minimum Gasteiger partial charge on any atom is -0.480 e. The van der Waals surface area contributed by atoms with Crippen LogP contribution in [0.4, 0.5) is 0 Å². The number of ketones is 1. The molecule has 13 heavy (non-hydrogen) atoms. The summed E-state index contributed by atoms with van der Waals surface area (Å²) in [5.41, 5.74) is 0. The van der Waals surface area contributed by atoms with Crippen molar-refractivity contribution in [3.8, 4) is 0 Å². The van der Waals surface area contributed by atoms with Crippen molar-refractivity contribution in [2.24, 2.45) is 11.8 Å². The lowest BCUT2D eigenvalue weighted by Crippen LogP contribution is -2.37. The second-order valence-corrected chi connectivity index (χ2v) is 3.93. The third-order valence-electron chi connectivity index (χ3n) is 3.16. The summed E-state index contributed by atoms with van der Waals surface area (Å²) in [6, 6.07) is -0.491. The van der Waals surface area contributed by atoms with Crippen LogP contribution in [0.15, 0.2) is 0 Å². The van der Waals surface area contributed by atoms with E-state index >= 15 is 0 Å². The summed E-state index contributed by atoms with van der Waals surface area (Å²) in [4.78, 5) is 21.9. The number of carbonyl (C=O) groups excluding carboxylic acids is 1. The van der Waals surface area contributed by atoms with Crippen molar-refractivity contribution in [2.75, 3.05) is 6.54 Å². The van der Waals surface area contributed by atoms with Crippen molar-refractivity contribution in [3.63, 3.8) is 0 Å². The molecule has 4 heteroatoms. The summed E-state index contributed by atoms with van der Waals surface area (Å²) < 4.78 is 0. The van der Waals surface area contributed by atoms with Crippen molar-refractivity contribution in [2.45, 2.75) is 25.3 Å². The molecule has 0 spiro atoms. The molecule has 1 aliphatic carbocycles. The Hall–Kier alpha value is -0.900. The Balaban J connectivity index is 2.11. The van der Waals surface area contributed by atoms with Gasteiger partial charge in [-0.15, -0.1) is 0 Å². The summed E-state index contributed by atoms with van der Waals surface area (Å²) in [5, 5.41) is 11.8. The molecule has 0 aromatic heterocycles. The van der Waals surface area contributed by atoms with Gasteiger partial charge in [0.15, 0.2) is 0 Å². The first-order chi connectivity index (χ1) is 6.18. The van der Waals surface area contributed by atoms with Gasteiger partial charge in [-0.25, -0.2) is 0 Å². The number of carboxylic acid groups (broad SMARTS) is 1. The molecular weight excluding hydrogens is 170 g/mol. The van der Waals surface area contributed by atoms with Crippen LogP contribution < -0.4 is 5.32 Å². The highest BCUT2D eigenvalue weighted by molar-refractivity contribution is 5.82. The van der Waals surface area contributed by atoms with Gasteiger partial charge in [0.1, 0.15) is 11.8 Å². The van der Waals surface area contributed by atoms with Crippen molar-refractivity contribution < 1.29 is 14.7 Å². The molecule has 0 radical (unpaired) electrons. The number of hydrogen-bond donors (Lipinski definition) is 2. The lowest BCUT2D eigenvalue weighted by atomic mass is 9.78. The summed E-state index contributed by atoms with van der Waals surface area (Å²) in [6.07, 6.45) is 1.95. The Morgan fingerprint density at radius 1 is 1.54 bits per heavy atom. The Morgan fingerprint density at radius 3 is 3.00 bits per heavy atom. The third-order valence-corrected chi connectivity index (χ3v) is 3.16. The molecular formula is C9H13NO3. The standard InChI is InChI=1S/C9H13NO3/c11-6-2-1-5-4-10-8(9(12)13)7(5)3-6/h5,7-8,10H,1-4H2,(H,12,13)/t5-,7-,8+/m1/s1. The normalized spacial score (nSPS) is 38.8. The summed E-state index contributed by atoms with van der Waals surface area (Å²) >= 11 is 0. The largest absolute Gasteiger partial charge is 0.480 e. The van der Waals surface area contributed by atoms with E-state index in [9.17, 15) is 9.59 Å². The van der Waals surface area contributed by atoms with Gasteiger partial charge in [-0.2, -0.15) is 0 Å². The van der Waals surface area contributed by atoms with Gasteiger partial charge in [0.2, 0.25) is 0 Å². The van der Waals surface area contributed by atoms with E-state index in [1.165, 1.54) is 0 Å². The van der Waals surface area contributed by atoms with Crippen LogP contribution in [0, 0.1) is 11.8 Å². The Bertz CT molecular complexity index is 251. The average Bonchev–Trinajstić information content (AvgIpc) is 2.46. The highest BCUT2D eigenvalue weighted by Crippen LogP contribution is 2.34. The van der Waals surface area contributed by atoms with Gasteiger partial charge < -0.3 is 10.4 Å². The molecule has 2 N–H and O–H groups in total. The van der Waals surface area contributed by atoms with E-state index in [0.29, 0.717) is 18.8 Å². The maximum atomic E-state index is 11.2. The second kappa shape index (κ2) is 3.10.